The summed E-state index contributed by atoms with van der Waals surface area (Å²) in [5.41, 5.74) is 4.34. The van der Waals surface area contributed by atoms with Crippen molar-refractivity contribution in [2.45, 2.75) is 19.8 Å². The molecule has 180 valence electrons. The fourth-order valence-electron chi connectivity index (χ4n) is 4.37. The minimum atomic E-state index is -0.0538. The molecule has 3 heterocycles. The number of nitrogens with zero attached hydrogens (tertiary/aromatic N) is 4. The molecule has 0 aliphatic carbocycles. The normalized spacial score (nSPS) is 15.9. The quantitative estimate of drug-likeness (QED) is 0.297. The molecule has 2 N–H and O–H groups in total. The maximum Gasteiger partial charge on any atom is 0.321 e. The van der Waals surface area contributed by atoms with Gasteiger partial charge in [0.05, 0.1) is 16.4 Å². The van der Waals surface area contributed by atoms with Crippen LogP contribution in [0.2, 0.25) is 5.02 Å². The van der Waals surface area contributed by atoms with Crippen LogP contribution in [0.15, 0.2) is 65.3 Å². The molecule has 1 atom stereocenters. The van der Waals surface area contributed by atoms with E-state index in [1.807, 2.05) is 66.4 Å². The molecule has 2 aromatic carbocycles. The molecule has 0 radical (unpaired) electrons. The van der Waals surface area contributed by atoms with E-state index in [9.17, 15) is 4.79 Å². The standard InChI is InChI=1S/C26H26BrClN6O/c1-17-8-10-19(11-9-17)31-26(35)33-12-4-5-18(16-33)14-29-24-13-23(20-6-2-3-7-22(20)28)32-25-21(27)15-30-34(24)25/h2-3,6-11,13,15,18,29H,4-5,12,14,16H2,1H3,(H,31,35). The SMILES string of the molecule is Cc1ccc(NC(=O)N2CCCC(CNc3cc(-c4ccccc4Cl)nc4c(Br)cnn34)C2)cc1. The van der Waals surface area contributed by atoms with E-state index in [4.69, 9.17) is 16.6 Å². The number of hydrogen-bond donors (Lipinski definition) is 2. The molecule has 9 heteroatoms. The number of amides is 2. The van der Waals surface area contributed by atoms with E-state index in [0.717, 1.165) is 46.6 Å². The number of aromatic nitrogens is 3. The van der Waals surface area contributed by atoms with Crippen LogP contribution >= 0.6 is 27.5 Å². The minimum absolute atomic E-state index is 0.0538. The van der Waals surface area contributed by atoms with Crippen LogP contribution in [0.25, 0.3) is 16.9 Å². The van der Waals surface area contributed by atoms with Gasteiger partial charge in [-0.2, -0.15) is 9.61 Å². The number of aryl methyl sites for hydroxylation is 1. The smallest absolute Gasteiger partial charge is 0.321 e. The van der Waals surface area contributed by atoms with E-state index in [0.29, 0.717) is 29.7 Å². The third-order valence-electron chi connectivity index (χ3n) is 6.26. The molecule has 0 bridgehead atoms. The van der Waals surface area contributed by atoms with Crippen molar-refractivity contribution in [1.82, 2.24) is 19.5 Å². The Hall–Kier alpha value is -3.10. The molecule has 1 aliphatic heterocycles. The lowest BCUT2D eigenvalue weighted by Crippen LogP contribution is -2.44. The Bertz CT molecular complexity index is 1360. The van der Waals surface area contributed by atoms with E-state index in [1.54, 1.807) is 10.7 Å². The molecule has 0 saturated carbocycles. The van der Waals surface area contributed by atoms with E-state index in [1.165, 1.54) is 5.56 Å². The van der Waals surface area contributed by atoms with Gasteiger partial charge in [-0.25, -0.2) is 9.78 Å². The van der Waals surface area contributed by atoms with Gasteiger partial charge in [-0.05, 0) is 59.8 Å². The Labute approximate surface area is 217 Å². The summed E-state index contributed by atoms with van der Waals surface area (Å²) in [4.78, 5) is 19.5. The van der Waals surface area contributed by atoms with Gasteiger partial charge < -0.3 is 15.5 Å². The summed E-state index contributed by atoms with van der Waals surface area (Å²) in [6.07, 6.45) is 3.76. The van der Waals surface area contributed by atoms with Crippen molar-refractivity contribution >= 4 is 50.7 Å². The van der Waals surface area contributed by atoms with E-state index in [2.05, 4.69) is 31.7 Å². The molecule has 1 saturated heterocycles. The molecule has 5 rings (SSSR count). The molecular weight excluding hydrogens is 528 g/mol. The highest BCUT2D eigenvalue weighted by atomic mass is 79.9. The molecule has 7 nitrogen and oxygen atoms in total. The number of halogens is 2. The number of urea groups is 1. The van der Waals surface area contributed by atoms with Crippen LogP contribution in [0.1, 0.15) is 18.4 Å². The lowest BCUT2D eigenvalue weighted by molar-refractivity contribution is 0.180. The second-order valence-electron chi connectivity index (χ2n) is 8.87. The summed E-state index contributed by atoms with van der Waals surface area (Å²) in [5, 5.41) is 11.7. The van der Waals surface area contributed by atoms with Gasteiger partial charge in [0.1, 0.15) is 5.82 Å². The highest BCUT2D eigenvalue weighted by molar-refractivity contribution is 9.10. The summed E-state index contributed by atoms with van der Waals surface area (Å²) in [6.45, 7) is 4.20. The highest BCUT2D eigenvalue weighted by Crippen LogP contribution is 2.30. The maximum absolute atomic E-state index is 12.8. The van der Waals surface area contributed by atoms with Gasteiger partial charge >= 0.3 is 6.03 Å². The Morgan fingerprint density at radius 1 is 1.20 bits per heavy atom. The molecule has 2 amide bonds. The predicted molar refractivity (Wildman–Crippen MR) is 144 cm³/mol. The number of likely N-dealkylation sites (tertiary alicyclic amines) is 1. The molecule has 2 aromatic heterocycles. The number of carbonyl (C=O) groups is 1. The number of rotatable bonds is 5. The predicted octanol–water partition coefficient (Wildman–Crippen LogP) is 6.48. The average Bonchev–Trinajstić information content (AvgIpc) is 3.25. The lowest BCUT2D eigenvalue weighted by atomic mass is 9.98. The summed E-state index contributed by atoms with van der Waals surface area (Å²) in [7, 11) is 0. The molecule has 1 aliphatic rings. The van der Waals surface area contributed by atoms with Crippen LogP contribution in [0, 0.1) is 12.8 Å². The Balaban J connectivity index is 1.30. The van der Waals surface area contributed by atoms with Crippen LogP contribution in [0.5, 0.6) is 0 Å². The van der Waals surface area contributed by atoms with E-state index >= 15 is 0 Å². The van der Waals surface area contributed by atoms with Gasteiger partial charge in [-0.3, -0.25) is 0 Å². The molecule has 1 unspecified atom stereocenters. The van der Waals surface area contributed by atoms with Crippen LogP contribution < -0.4 is 10.6 Å². The first kappa shape index (κ1) is 23.6. The fourth-order valence-corrected chi connectivity index (χ4v) is 4.95. The molecular formula is C26H26BrClN6O. The number of hydrogen-bond acceptors (Lipinski definition) is 4. The van der Waals surface area contributed by atoms with E-state index < -0.39 is 0 Å². The maximum atomic E-state index is 12.8. The highest BCUT2D eigenvalue weighted by Gasteiger charge is 2.24. The van der Waals surface area contributed by atoms with Crippen molar-refractivity contribution in [3.63, 3.8) is 0 Å². The molecule has 0 spiro atoms. The van der Waals surface area contributed by atoms with Crippen LogP contribution in [-0.2, 0) is 0 Å². The second-order valence-corrected chi connectivity index (χ2v) is 10.1. The minimum Gasteiger partial charge on any atom is -0.370 e. The number of benzene rings is 2. The van der Waals surface area contributed by atoms with Gasteiger partial charge in [0.25, 0.3) is 0 Å². The Morgan fingerprint density at radius 2 is 2.00 bits per heavy atom. The van der Waals surface area contributed by atoms with Crippen LogP contribution in [-0.4, -0.2) is 45.2 Å². The summed E-state index contributed by atoms with van der Waals surface area (Å²) >= 11 is 10.00. The van der Waals surface area contributed by atoms with Crippen LogP contribution in [0.3, 0.4) is 0 Å². The molecule has 4 aromatic rings. The number of anilines is 2. The third kappa shape index (κ3) is 5.28. The van der Waals surface area contributed by atoms with E-state index in [-0.39, 0.29) is 6.03 Å². The van der Waals surface area contributed by atoms with Crippen molar-refractivity contribution in [2.75, 3.05) is 30.3 Å². The topological polar surface area (TPSA) is 74.6 Å². The van der Waals surface area contributed by atoms with Gasteiger partial charge in [0.15, 0.2) is 5.65 Å². The number of nitrogens with one attached hydrogen (secondary N) is 2. The van der Waals surface area contributed by atoms with Crippen molar-refractivity contribution in [2.24, 2.45) is 5.92 Å². The average molecular weight is 554 g/mol. The third-order valence-corrected chi connectivity index (χ3v) is 7.15. The fraction of sp³-hybridized carbons (Fsp3) is 0.269. The summed E-state index contributed by atoms with van der Waals surface area (Å²) in [6, 6.07) is 17.5. The Morgan fingerprint density at radius 3 is 2.80 bits per heavy atom. The summed E-state index contributed by atoms with van der Waals surface area (Å²) < 4.78 is 2.60. The van der Waals surface area contributed by atoms with Crippen LogP contribution in [0.4, 0.5) is 16.3 Å². The molecule has 1 fully saturated rings. The number of fused-ring (bicyclic) bond motifs is 1. The molecule has 35 heavy (non-hydrogen) atoms. The van der Waals surface area contributed by atoms with Gasteiger partial charge in [-0.15, -0.1) is 0 Å². The van der Waals surface area contributed by atoms with Gasteiger partial charge in [0, 0.05) is 42.0 Å². The number of piperidine rings is 1. The first-order valence-electron chi connectivity index (χ1n) is 11.6. The zero-order chi connectivity index (χ0) is 24.4. The van der Waals surface area contributed by atoms with Crippen molar-refractivity contribution in [1.29, 1.82) is 0 Å². The largest absolute Gasteiger partial charge is 0.370 e. The van der Waals surface area contributed by atoms with Gasteiger partial charge in [-0.1, -0.05) is 47.5 Å². The first-order valence-corrected chi connectivity index (χ1v) is 12.8. The van der Waals surface area contributed by atoms with Crippen molar-refractivity contribution in [3.8, 4) is 11.3 Å². The zero-order valence-corrected chi connectivity index (χ0v) is 21.7. The second kappa shape index (κ2) is 10.3. The van der Waals surface area contributed by atoms with Gasteiger partial charge in [0.2, 0.25) is 0 Å². The van der Waals surface area contributed by atoms with Crippen molar-refractivity contribution in [3.05, 3.63) is 75.9 Å². The van der Waals surface area contributed by atoms with Crippen molar-refractivity contribution < 1.29 is 4.79 Å². The number of carbonyl (C=O) groups excluding carboxylic acids is 1. The first-order chi connectivity index (χ1) is 17.0. The Kier molecular flexibility index (Phi) is 6.92. The summed E-state index contributed by atoms with van der Waals surface area (Å²) in [5.74, 6) is 1.15. The zero-order valence-electron chi connectivity index (χ0n) is 19.3. The monoisotopic (exact) mass is 552 g/mol. The lowest BCUT2D eigenvalue weighted by Gasteiger charge is -2.33.